The largest absolute Gasteiger partial charge is 0.490 e. The van der Waals surface area contributed by atoms with E-state index in [4.69, 9.17) is 4.74 Å². The van der Waals surface area contributed by atoms with Gasteiger partial charge in [0.05, 0.1) is 17.9 Å². The number of carbonyl (C=O) groups is 1. The van der Waals surface area contributed by atoms with Gasteiger partial charge in [0, 0.05) is 5.33 Å². The van der Waals surface area contributed by atoms with Crippen molar-refractivity contribution in [2.75, 3.05) is 11.6 Å². The summed E-state index contributed by atoms with van der Waals surface area (Å²) < 4.78 is 30.4. The lowest BCUT2D eigenvalue weighted by Crippen LogP contribution is -2.30. The molecule has 0 aliphatic carbocycles. The van der Waals surface area contributed by atoms with Crippen LogP contribution in [0.4, 0.5) is 0 Å². The van der Waals surface area contributed by atoms with Crippen LogP contribution in [-0.2, 0) is 16.4 Å². The van der Waals surface area contributed by atoms with Gasteiger partial charge in [-0.2, -0.15) is 0 Å². The first-order valence-electron chi connectivity index (χ1n) is 8.17. The zero-order valence-electron chi connectivity index (χ0n) is 15.0. The maximum absolute atomic E-state index is 12.3. The van der Waals surface area contributed by atoms with Crippen molar-refractivity contribution in [1.82, 2.24) is 4.72 Å². The van der Waals surface area contributed by atoms with Crippen LogP contribution in [0, 0.1) is 0 Å². The van der Waals surface area contributed by atoms with Gasteiger partial charge in [-0.1, -0.05) is 46.3 Å². The number of alkyl halides is 1. The summed E-state index contributed by atoms with van der Waals surface area (Å²) in [6.45, 7) is 3.69. The number of rotatable bonds is 7. The van der Waals surface area contributed by atoms with Gasteiger partial charge < -0.3 is 4.74 Å². The van der Waals surface area contributed by atoms with Gasteiger partial charge in [0.2, 0.25) is 10.0 Å². The second kappa shape index (κ2) is 8.68. The minimum atomic E-state index is -3.65. The number of ether oxygens (including phenoxy) is 1. The van der Waals surface area contributed by atoms with E-state index in [-0.39, 0.29) is 11.7 Å². The van der Waals surface area contributed by atoms with Crippen LogP contribution in [0.1, 0.15) is 29.8 Å². The first-order valence-corrected chi connectivity index (χ1v) is 11.2. The van der Waals surface area contributed by atoms with Crippen LogP contribution in [0.25, 0.3) is 11.1 Å². The molecule has 140 valence electrons. The van der Waals surface area contributed by atoms with Gasteiger partial charge in [-0.25, -0.2) is 13.1 Å². The summed E-state index contributed by atoms with van der Waals surface area (Å²) in [6.07, 6.45) is 1.74. The summed E-state index contributed by atoms with van der Waals surface area (Å²) in [7, 11) is -3.65. The molecule has 0 atom stereocenters. The number of benzene rings is 2. The number of nitrogens with one attached hydrogen (secondary N) is 1. The molecule has 7 heteroatoms. The van der Waals surface area contributed by atoms with E-state index in [1.807, 2.05) is 30.7 Å². The third-order valence-corrected chi connectivity index (χ3v) is 4.49. The minimum absolute atomic E-state index is 0.156. The molecule has 0 aliphatic rings. The minimum Gasteiger partial charge on any atom is -0.490 e. The summed E-state index contributed by atoms with van der Waals surface area (Å²) in [5, 5.41) is 0.906. The highest BCUT2D eigenvalue weighted by molar-refractivity contribution is 9.09. The molecule has 0 unspecified atom stereocenters. The lowest BCUT2D eigenvalue weighted by atomic mass is 10.0. The van der Waals surface area contributed by atoms with E-state index in [1.54, 1.807) is 18.2 Å². The van der Waals surface area contributed by atoms with Crippen LogP contribution < -0.4 is 9.46 Å². The Morgan fingerprint density at radius 2 is 1.73 bits per heavy atom. The molecule has 0 saturated carbocycles. The van der Waals surface area contributed by atoms with Gasteiger partial charge in [0.25, 0.3) is 5.91 Å². The molecule has 0 aromatic heterocycles. The van der Waals surface area contributed by atoms with Gasteiger partial charge in [-0.3, -0.25) is 4.79 Å². The molecule has 5 nitrogen and oxygen atoms in total. The molecule has 0 fully saturated rings. The molecule has 1 amide bonds. The van der Waals surface area contributed by atoms with Crippen molar-refractivity contribution in [3.05, 3.63) is 53.6 Å². The Balaban J connectivity index is 2.39. The maximum Gasteiger partial charge on any atom is 0.268 e. The van der Waals surface area contributed by atoms with Gasteiger partial charge in [-0.15, -0.1) is 0 Å². The van der Waals surface area contributed by atoms with E-state index in [2.05, 4.69) is 28.1 Å². The zero-order valence-corrected chi connectivity index (χ0v) is 17.4. The average Bonchev–Trinajstić information content (AvgIpc) is 2.53. The first-order chi connectivity index (χ1) is 12.2. The molecule has 0 aliphatic heterocycles. The van der Waals surface area contributed by atoms with Crippen LogP contribution >= 0.6 is 15.9 Å². The molecular formula is C19H22BrNO4S. The third-order valence-electron chi connectivity index (χ3n) is 3.54. The summed E-state index contributed by atoms with van der Waals surface area (Å²) in [6, 6.07) is 13.3. The predicted octanol–water partition coefficient (Wildman–Crippen LogP) is 3.77. The number of amides is 1. The fraction of sp³-hybridized carbons (Fsp3) is 0.316. The Hall–Kier alpha value is -1.86. The van der Waals surface area contributed by atoms with Gasteiger partial charge >= 0.3 is 0 Å². The van der Waals surface area contributed by atoms with Crippen molar-refractivity contribution < 1.29 is 17.9 Å². The van der Waals surface area contributed by atoms with Crippen molar-refractivity contribution in [1.29, 1.82) is 0 Å². The van der Waals surface area contributed by atoms with Crippen molar-refractivity contribution in [3.8, 4) is 16.9 Å². The highest BCUT2D eigenvalue weighted by Crippen LogP contribution is 2.29. The van der Waals surface area contributed by atoms with Crippen LogP contribution in [0.5, 0.6) is 5.75 Å². The molecule has 1 N–H and O–H groups in total. The normalized spacial score (nSPS) is 11.4. The van der Waals surface area contributed by atoms with Crippen LogP contribution in [0.2, 0.25) is 0 Å². The molecular weight excluding hydrogens is 418 g/mol. The quantitative estimate of drug-likeness (QED) is 0.666. The molecule has 26 heavy (non-hydrogen) atoms. The number of hydrogen-bond donors (Lipinski definition) is 1. The number of halogens is 1. The Bertz CT molecular complexity index is 877. The summed E-state index contributed by atoms with van der Waals surface area (Å²) in [4.78, 5) is 12.3. The molecule has 0 saturated heterocycles. The van der Waals surface area contributed by atoms with Crippen LogP contribution in [0.3, 0.4) is 0 Å². The summed E-state index contributed by atoms with van der Waals surface area (Å²) in [5.41, 5.74) is 3.30. The predicted molar refractivity (Wildman–Crippen MR) is 107 cm³/mol. The SMILES string of the molecule is CC(C)Oc1cc(-c2ccc(CCBr)cc2)ccc1C(=O)NS(C)(=O)=O. The van der Waals surface area contributed by atoms with Crippen LogP contribution in [-0.4, -0.2) is 32.0 Å². The lowest BCUT2D eigenvalue weighted by molar-refractivity contribution is 0.0976. The number of aryl methyl sites for hydroxylation is 1. The lowest BCUT2D eigenvalue weighted by Gasteiger charge is -2.15. The Labute approximate surface area is 162 Å². The van der Waals surface area contributed by atoms with Crippen molar-refractivity contribution in [2.45, 2.75) is 26.4 Å². The second-order valence-corrected chi connectivity index (χ2v) is 8.76. The molecule has 0 spiro atoms. The second-order valence-electron chi connectivity index (χ2n) is 6.22. The standard InChI is InChI=1S/C19H22BrNO4S/c1-13(2)25-18-12-16(15-6-4-14(5-7-15)10-11-20)8-9-17(18)19(22)21-26(3,23)24/h4-9,12-13H,10-11H2,1-3H3,(H,21,22). The van der Waals surface area contributed by atoms with Gasteiger partial charge in [0.15, 0.2) is 0 Å². The maximum atomic E-state index is 12.3. The highest BCUT2D eigenvalue weighted by Gasteiger charge is 2.18. The van der Waals surface area contributed by atoms with Crippen molar-refractivity contribution in [3.63, 3.8) is 0 Å². The van der Waals surface area contributed by atoms with Crippen LogP contribution in [0.15, 0.2) is 42.5 Å². The molecule has 0 heterocycles. The monoisotopic (exact) mass is 439 g/mol. The number of carbonyl (C=O) groups excluding carboxylic acids is 1. The Morgan fingerprint density at radius 1 is 1.12 bits per heavy atom. The molecule has 0 bridgehead atoms. The fourth-order valence-electron chi connectivity index (χ4n) is 2.44. The summed E-state index contributed by atoms with van der Waals surface area (Å²) in [5.74, 6) is -0.356. The molecule has 2 rings (SSSR count). The summed E-state index contributed by atoms with van der Waals surface area (Å²) >= 11 is 3.43. The number of hydrogen-bond acceptors (Lipinski definition) is 4. The van der Waals surface area contributed by atoms with E-state index in [0.29, 0.717) is 5.75 Å². The molecule has 2 aromatic carbocycles. The van der Waals surface area contributed by atoms with Crippen molar-refractivity contribution >= 4 is 31.9 Å². The van der Waals surface area contributed by atoms with E-state index >= 15 is 0 Å². The topological polar surface area (TPSA) is 72.5 Å². The van der Waals surface area contributed by atoms with Gasteiger partial charge in [-0.05, 0) is 49.1 Å². The Morgan fingerprint density at radius 3 is 2.27 bits per heavy atom. The van der Waals surface area contributed by atoms with Gasteiger partial charge in [0.1, 0.15) is 5.75 Å². The highest BCUT2D eigenvalue weighted by atomic mass is 79.9. The Kier molecular flexibility index (Phi) is 6.83. The molecule has 0 radical (unpaired) electrons. The third kappa shape index (κ3) is 5.85. The van der Waals surface area contributed by atoms with E-state index in [1.165, 1.54) is 5.56 Å². The van der Waals surface area contributed by atoms with E-state index in [0.717, 1.165) is 29.1 Å². The fourth-order valence-corrected chi connectivity index (χ4v) is 3.34. The van der Waals surface area contributed by atoms with Crippen molar-refractivity contribution in [2.24, 2.45) is 0 Å². The zero-order chi connectivity index (χ0) is 19.3. The average molecular weight is 440 g/mol. The first kappa shape index (κ1) is 20.5. The van der Waals surface area contributed by atoms with E-state index in [9.17, 15) is 13.2 Å². The number of sulfonamides is 1. The van der Waals surface area contributed by atoms with E-state index < -0.39 is 15.9 Å². The smallest absolute Gasteiger partial charge is 0.268 e. The molecule has 2 aromatic rings.